The summed E-state index contributed by atoms with van der Waals surface area (Å²) in [6, 6.07) is 9.50. The molecule has 3 nitrogen and oxygen atoms in total. The molecular formula is C12H12ClN3. The Hall–Kier alpha value is -1.74. The summed E-state index contributed by atoms with van der Waals surface area (Å²) in [7, 11) is 1.96. The molecule has 1 aromatic carbocycles. The highest BCUT2D eigenvalue weighted by molar-refractivity contribution is 6.30. The molecule has 2 rings (SSSR count). The Bertz CT molecular complexity index is 482. The molecule has 0 bridgehead atoms. The monoisotopic (exact) mass is 233 g/mol. The van der Waals surface area contributed by atoms with Crippen LogP contribution >= 0.6 is 11.6 Å². The van der Waals surface area contributed by atoms with E-state index in [0.717, 1.165) is 17.1 Å². The normalized spacial score (nSPS) is 10.1. The maximum Gasteiger partial charge on any atom is 0.0610 e. The summed E-state index contributed by atoms with van der Waals surface area (Å²) in [5.74, 6) is 0. The average Bonchev–Trinajstić information content (AvgIpc) is 2.29. The summed E-state index contributed by atoms with van der Waals surface area (Å²) >= 11 is 5.89. The second kappa shape index (κ2) is 4.41. The molecule has 0 radical (unpaired) electrons. The highest BCUT2D eigenvalue weighted by Crippen LogP contribution is 2.25. The molecule has 0 aliphatic carbocycles. The number of hydrogen-bond acceptors (Lipinski definition) is 3. The van der Waals surface area contributed by atoms with E-state index in [1.165, 1.54) is 0 Å². The Kier molecular flexibility index (Phi) is 2.97. The van der Waals surface area contributed by atoms with Gasteiger partial charge in [0.05, 0.1) is 16.9 Å². The van der Waals surface area contributed by atoms with E-state index in [4.69, 9.17) is 17.3 Å². The Labute approximate surface area is 99.5 Å². The molecule has 0 saturated heterocycles. The number of aromatic nitrogens is 1. The van der Waals surface area contributed by atoms with E-state index in [1.54, 1.807) is 12.4 Å². The van der Waals surface area contributed by atoms with Gasteiger partial charge in [0.1, 0.15) is 0 Å². The zero-order valence-corrected chi connectivity index (χ0v) is 9.65. The third-order valence-electron chi connectivity index (χ3n) is 2.36. The molecule has 0 atom stereocenters. The minimum absolute atomic E-state index is 0.625. The maximum absolute atomic E-state index is 5.89. The molecule has 4 heteroatoms. The molecule has 1 aromatic heterocycles. The molecule has 16 heavy (non-hydrogen) atoms. The molecule has 2 aromatic rings. The average molecular weight is 234 g/mol. The van der Waals surface area contributed by atoms with Crippen molar-refractivity contribution in [2.75, 3.05) is 17.7 Å². The molecule has 2 N–H and O–H groups in total. The molecule has 0 fully saturated rings. The van der Waals surface area contributed by atoms with Crippen molar-refractivity contribution in [2.24, 2.45) is 0 Å². The van der Waals surface area contributed by atoms with Crippen molar-refractivity contribution in [3.8, 4) is 0 Å². The SMILES string of the molecule is CN(c1ccc(N)cc1)c1cncc(Cl)c1. The van der Waals surface area contributed by atoms with Gasteiger partial charge in [0.25, 0.3) is 0 Å². The van der Waals surface area contributed by atoms with Gasteiger partial charge in [-0.25, -0.2) is 0 Å². The Morgan fingerprint density at radius 1 is 1.12 bits per heavy atom. The zero-order chi connectivity index (χ0) is 11.5. The molecule has 0 amide bonds. The lowest BCUT2D eigenvalue weighted by atomic mass is 10.2. The van der Waals surface area contributed by atoms with Crippen LogP contribution in [0.1, 0.15) is 0 Å². The summed E-state index contributed by atoms with van der Waals surface area (Å²) in [5.41, 5.74) is 8.37. The fourth-order valence-electron chi connectivity index (χ4n) is 1.43. The molecule has 0 aliphatic rings. The van der Waals surface area contributed by atoms with Gasteiger partial charge in [0.15, 0.2) is 0 Å². The standard InChI is InChI=1S/C12H12ClN3/c1-16(11-4-2-10(14)3-5-11)12-6-9(13)7-15-8-12/h2-8H,14H2,1H3. The van der Waals surface area contributed by atoms with Gasteiger partial charge in [0.2, 0.25) is 0 Å². The number of benzene rings is 1. The largest absolute Gasteiger partial charge is 0.399 e. The molecule has 0 spiro atoms. The maximum atomic E-state index is 5.89. The summed E-state index contributed by atoms with van der Waals surface area (Å²) in [6.07, 6.45) is 3.38. The van der Waals surface area contributed by atoms with Gasteiger partial charge >= 0.3 is 0 Å². The molecule has 1 heterocycles. The number of pyridine rings is 1. The minimum Gasteiger partial charge on any atom is -0.399 e. The van der Waals surface area contributed by atoms with Crippen molar-refractivity contribution >= 4 is 28.7 Å². The first-order valence-corrected chi connectivity index (χ1v) is 5.24. The van der Waals surface area contributed by atoms with E-state index in [-0.39, 0.29) is 0 Å². The van der Waals surface area contributed by atoms with Crippen molar-refractivity contribution in [1.29, 1.82) is 0 Å². The lowest BCUT2D eigenvalue weighted by molar-refractivity contribution is 1.18. The van der Waals surface area contributed by atoms with Gasteiger partial charge in [-0.2, -0.15) is 0 Å². The minimum atomic E-state index is 0.625. The number of hydrogen-bond donors (Lipinski definition) is 1. The van der Waals surface area contributed by atoms with Crippen LogP contribution < -0.4 is 10.6 Å². The van der Waals surface area contributed by atoms with Crippen LogP contribution in [0.15, 0.2) is 42.7 Å². The van der Waals surface area contributed by atoms with E-state index in [0.29, 0.717) is 5.02 Å². The summed E-state index contributed by atoms with van der Waals surface area (Å²) in [5, 5.41) is 0.625. The van der Waals surface area contributed by atoms with Crippen LogP contribution in [-0.4, -0.2) is 12.0 Å². The molecule has 82 valence electrons. The quantitative estimate of drug-likeness (QED) is 0.811. The number of halogens is 1. The number of anilines is 3. The van der Waals surface area contributed by atoms with Crippen LogP contribution in [0.5, 0.6) is 0 Å². The van der Waals surface area contributed by atoms with Crippen LogP contribution in [0.4, 0.5) is 17.1 Å². The number of nitrogens with zero attached hydrogens (tertiary/aromatic N) is 2. The van der Waals surface area contributed by atoms with Gasteiger partial charge < -0.3 is 10.6 Å². The van der Waals surface area contributed by atoms with E-state index >= 15 is 0 Å². The van der Waals surface area contributed by atoms with Crippen LogP contribution in [0, 0.1) is 0 Å². The first-order valence-electron chi connectivity index (χ1n) is 4.86. The third-order valence-corrected chi connectivity index (χ3v) is 2.56. The lowest BCUT2D eigenvalue weighted by Gasteiger charge is -2.19. The van der Waals surface area contributed by atoms with Gasteiger partial charge in [-0.05, 0) is 30.3 Å². The van der Waals surface area contributed by atoms with Crippen LogP contribution in [-0.2, 0) is 0 Å². The second-order valence-electron chi connectivity index (χ2n) is 3.51. The number of nitrogen functional groups attached to an aromatic ring is 1. The topological polar surface area (TPSA) is 42.1 Å². The van der Waals surface area contributed by atoms with Crippen LogP contribution in [0.2, 0.25) is 5.02 Å². The van der Waals surface area contributed by atoms with Gasteiger partial charge in [-0.3, -0.25) is 4.98 Å². The van der Waals surface area contributed by atoms with Gasteiger partial charge in [0, 0.05) is 24.6 Å². The first kappa shape index (κ1) is 10.8. The lowest BCUT2D eigenvalue weighted by Crippen LogP contribution is -2.09. The zero-order valence-electron chi connectivity index (χ0n) is 8.89. The Balaban J connectivity index is 2.31. The van der Waals surface area contributed by atoms with Gasteiger partial charge in [-0.15, -0.1) is 0 Å². The van der Waals surface area contributed by atoms with Gasteiger partial charge in [-0.1, -0.05) is 11.6 Å². The molecular weight excluding hydrogens is 222 g/mol. The fraction of sp³-hybridized carbons (Fsp3) is 0.0833. The highest BCUT2D eigenvalue weighted by Gasteiger charge is 2.04. The van der Waals surface area contributed by atoms with Crippen molar-refractivity contribution in [3.05, 3.63) is 47.7 Å². The number of nitrogens with two attached hydrogens (primary N) is 1. The van der Waals surface area contributed by atoms with Crippen molar-refractivity contribution in [2.45, 2.75) is 0 Å². The first-order chi connectivity index (χ1) is 7.66. The van der Waals surface area contributed by atoms with E-state index < -0.39 is 0 Å². The highest BCUT2D eigenvalue weighted by atomic mass is 35.5. The second-order valence-corrected chi connectivity index (χ2v) is 3.95. The Morgan fingerprint density at radius 2 is 1.81 bits per heavy atom. The predicted molar refractivity (Wildman–Crippen MR) is 68.2 cm³/mol. The molecule has 0 saturated carbocycles. The van der Waals surface area contributed by atoms with E-state index in [1.807, 2.05) is 42.3 Å². The van der Waals surface area contributed by atoms with Crippen molar-refractivity contribution in [1.82, 2.24) is 4.98 Å². The third kappa shape index (κ3) is 2.25. The summed E-state index contributed by atoms with van der Waals surface area (Å²) in [4.78, 5) is 6.05. The van der Waals surface area contributed by atoms with Crippen LogP contribution in [0.25, 0.3) is 0 Å². The van der Waals surface area contributed by atoms with Crippen LogP contribution in [0.3, 0.4) is 0 Å². The Morgan fingerprint density at radius 3 is 2.44 bits per heavy atom. The molecule has 0 unspecified atom stereocenters. The van der Waals surface area contributed by atoms with E-state index in [9.17, 15) is 0 Å². The van der Waals surface area contributed by atoms with Crippen molar-refractivity contribution < 1.29 is 0 Å². The smallest absolute Gasteiger partial charge is 0.0610 e. The van der Waals surface area contributed by atoms with Crippen molar-refractivity contribution in [3.63, 3.8) is 0 Å². The molecule has 0 aliphatic heterocycles. The fourth-order valence-corrected chi connectivity index (χ4v) is 1.60. The van der Waals surface area contributed by atoms with E-state index in [2.05, 4.69) is 4.98 Å². The summed E-state index contributed by atoms with van der Waals surface area (Å²) in [6.45, 7) is 0. The summed E-state index contributed by atoms with van der Waals surface area (Å²) < 4.78 is 0. The number of rotatable bonds is 2. The predicted octanol–water partition coefficient (Wildman–Crippen LogP) is 3.09.